The fourth-order valence-corrected chi connectivity index (χ4v) is 3.99. The van der Waals surface area contributed by atoms with Crippen molar-refractivity contribution < 1.29 is 5.11 Å². The fraction of sp³-hybridized carbons (Fsp3) is 0.600. The van der Waals surface area contributed by atoms with Crippen LogP contribution >= 0.6 is 11.8 Å². The first-order valence-corrected chi connectivity index (χ1v) is 7.95. The summed E-state index contributed by atoms with van der Waals surface area (Å²) in [6.07, 6.45) is 3.33. The Balaban J connectivity index is 2.08. The molecule has 2 nitrogen and oxygen atoms in total. The van der Waals surface area contributed by atoms with Crippen molar-refractivity contribution in [1.82, 2.24) is 5.32 Å². The fourth-order valence-electron chi connectivity index (χ4n) is 2.67. The molecule has 0 bridgehead atoms. The van der Waals surface area contributed by atoms with E-state index < -0.39 is 0 Å². The van der Waals surface area contributed by atoms with Crippen LogP contribution in [0.4, 0.5) is 0 Å². The maximum Gasteiger partial charge on any atom is 0.0443 e. The molecule has 2 unspecified atom stereocenters. The van der Waals surface area contributed by atoms with Gasteiger partial charge in [0.1, 0.15) is 0 Å². The molecular weight excluding hydrogens is 242 g/mol. The van der Waals surface area contributed by atoms with Crippen LogP contribution in [0.15, 0.2) is 24.3 Å². The van der Waals surface area contributed by atoms with Crippen molar-refractivity contribution in [3.8, 4) is 0 Å². The summed E-state index contributed by atoms with van der Waals surface area (Å²) in [4.78, 5) is 0. The molecule has 2 N–H and O–H groups in total. The van der Waals surface area contributed by atoms with E-state index in [-0.39, 0.29) is 0 Å². The number of benzene rings is 1. The summed E-state index contributed by atoms with van der Waals surface area (Å²) in [6.45, 7) is 3.49. The molecule has 18 heavy (non-hydrogen) atoms. The molecule has 0 amide bonds. The molecule has 0 aliphatic heterocycles. The Morgan fingerprint density at radius 1 is 1.39 bits per heavy atom. The van der Waals surface area contributed by atoms with E-state index in [9.17, 15) is 0 Å². The van der Waals surface area contributed by atoms with Crippen LogP contribution in [0.5, 0.6) is 0 Å². The van der Waals surface area contributed by atoms with E-state index in [1.807, 2.05) is 11.8 Å². The van der Waals surface area contributed by atoms with Gasteiger partial charge in [-0.3, -0.25) is 0 Å². The lowest BCUT2D eigenvalue weighted by Crippen LogP contribution is -2.34. The zero-order valence-electron chi connectivity index (χ0n) is 11.1. The average Bonchev–Trinajstić information content (AvgIpc) is 2.41. The third-order valence-corrected chi connectivity index (χ3v) is 4.98. The van der Waals surface area contributed by atoms with Crippen LogP contribution in [0.3, 0.4) is 0 Å². The van der Waals surface area contributed by atoms with Crippen LogP contribution < -0.4 is 5.32 Å². The zero-order valence-corrected chi connectivity index (χ0v) is 11.9. The number of thioether (sulfide) groups is 1. The molecule has 1 aliphatic carbocycles. The van der Waals surface area contributed by atoms with E-state index in [1.54, 1.807) is 0 Å². The predicted molar refractivity (Wildman–Crippen MR) is 79.1 cm³/mol. The molecule has 100 valence electrons. The molecule has 2 rings (SSSR count). The molecule has 1 aromatic carbocycles. The SMILES string of the molecule is CCNC1c2ccccc2CCC1SCCCO. The van der Waals surface area contributed by atoms with Gasteiger partial charge in [-0.2, -0.15) is 11.8 Å². The lowest BCUT2D eigenvalue weighted by molar-refractivity contribution is 0.296. The molecular formula is C15H23NOS. The summed E-state index contributed by atoms with van der Waals surface area (Å²) in [6, 6.07) is 9.28. The number of nitrogens with one attached hydrogen (secondary N) is 1. The standard InChI is InChI=1S/C15H23NOS/c1-2-16-15-13-7-4-3-6-12(13)8-9-14(15)18-11-5-10-17/h3-4,6-7,14-17H,2,5,8-11H2,1H3. The van der Waals surface area contributed by atoms with Gasteiger partial charge in [0.05, 0.1) is 0 Å². The van der Waals surface area contributed by atoms with Crippen molar-refractivity contribution in [1.29, 1.82) is 0 Å². The Morgan fingerprint density at radius 2 is 2.22 bits per heavy atom. The van der Waals surface area contributed by atoms with Gasteiger partial charge in [-0.05, 0) is 42.7 Å². The van der Waals surface area contributed by atoms with Gasteiger partial charge in [-0.15, -0.1) is 0 Å². The van der Waals surface area contributed by atoms with Crippen molar-refractivity contribution >= 4 is 11.8 Å². The van der Waals surface area contributed by atoms with Gasteiger partial charge < -0.3 is 10.4 Å². The molecule has 0 aromatic heterocycles. The highest BCUT2D eigenvalue weighted by Crippen LogP contribution is 2.37. The van der Waals surface area contributed by atoms with Crippen LogP contribution in [0.2, 0.25) is 0 Å². The predicted octanol–water partition coefficient (Wildman–Crippen LogP) is 2.77. The van der Waals surface area contributed by atoms with Crippen molar-refractivity contribution in [2.24, 2.45) is 0 Å². The second kappa shape index (κ2) is 7.17. The largest absolute Gasteiger partial charge is 0.396 e. The minimum absolute atomic E-state index is 0.308. The number of hydrogen-bond acceptors (Lipinski definition) is 3. The lowest BCUT2D eigenvalue weighted by atomic mass is 9.87. The Bertz CT molecular complexity index is 369. The van der Waals surface area contributed by atoms with Gasteiger partial charge in [-0.1, -0.05) is 31.2 Å². The third kappa shape index (κ3) is 3.28. The van der Waals surface area contributed by atoms with Crippen LogP contribution in [0.25, 0.3) is 0 Å². The van der Waals surface area contributed by atoms with Crippen molar-refractivity contribution in [2.45, 2.75) is 37.5 Å². The Labute approximate surface area is 114 Å². The Kier molecular flexibility index (Phi) is 5.54. The highest BCUT2D eigenvalue weighted by Gasteiger charge is 2.28. The maximum absolute atomic E-state index is 8.89. The summed E-state index contributed by atoms with van der Waals surface area (Å²) < 4.78 is 0. The Hall–Kier alpha value is -0.510. The monoisotopic (exact) mass is 265 g/mol. The minimum atomic E-state index is 0.308. The normalized spacial score (nSPS) is 22.8. The maximum atomic E-state index is 8.89. The molecule has 0 heterocycles. The van der Waals surface area contributed by atoms with Crippen molar-refractivity contribution in [3.63, 3.8) is 0 Å². The Morgan fingerprint density at radius 3 is 3.00 bits per heavy atom. The van der Waals surface area contributed by atoms with Gasteiger partial charge >= 0.3 is 0 Å². The molecule has 0 saturated carbocycles. The first-order valence-electron chi connectivity index (χ1n) is 6.90. The van der Waals surface area contributed by atoms with Gasteiger partial charge in [0, 0.05) is 17.9 Å². The van der Waals surface area contributed by atoms with E-state index in [2.05, 4.69) is 36.5 Å². The molecule has 1 aliphatic rings. The van der Waals surface area contributed by atoms with E-state index in [1.165, 1.54) is 24.0 Å². The zero-order chi connectivity index (χ0) is 12.8. The van der Waals surface area contributed by atoms with Crippen molar-refractivity contribution in [2.75, 3.05) is 18.9 Å². The second-order valence-corrected chi connectivity index (χ2v) is 6.11. The number of rotatable bonds is 6. The molecule has 0 spiro atoms. The third-order valence-electron chi connectivity index (χ3n) is 3.52. The van der Waals surface area contributed by atoms with Gasteiger partial charge in [0.15, 0.2) is 0 Å². The molecule has 0 radical (unpaired) electrons. The highest BCUT2D eigenvalue weighted by molar-refractivity contribution is 7.99. The quantitative estimate of drug-likeness (QED) is 0.776. The summed E-state index contributed by atoms with van der Waals surface area (Å²) in [7, 11) is 0. The molecule has 0 saturated heterocycles. The van der Waals surface area contributed by atoms with E-state index >= 15 is 0 Å². The minimum Gasteiger partial charge on any atom is -0.396 e. The van der Waals surface area contributed by atoms with E-state index in [4.69, 9.17) is 5.11 Å². The number of fused-ring (bicyclic) bond motifs is 1. The number of aryl methyl sites for hydroxylation is 1. The summed E-state index contributed by atoms with van der Waals surface area (Å²) in [5.41, 5.74) is 2.98. The molecule has 0 fully saturated rings. The highest BCUT2D eigenvalue weighted by atomic mass is 32.2. The van der Waals surface area contributed by atoms with Gasteiger partial charge in [-0.25, -0.2) is 0 Å². The van der Waals surface area contributed by atoms with E-state index in [0.29, 0.717) is 17.9 Å². The molecule has 2 atom stereocenters. The van der Waals surface area contributed by atoms with Gasteiger partial charge in [0.25, 0.3) is 0 Å². The first-order chi connectivity index (χ1) is 8.86. The van der Waals surface area contributed by atoms with Crippen LogP contribution in [-0.2, 0) is 6.42 Å². The second-order valence-electron chi connectivity index (χ2n) is 4.76. The topological polar surface area (TPSA) is 32.3 Å². The molecule has 3 heteroatoms. The van der Waals surface area contributed by atoms with E-state index in [0.717, 1.165) is 18.7 Å². The number of hydrogen-bond donors (Lipinski definition) is 2. The summed E-state index contributed by atoms with van der Waals surface area (Å²) in [5.74, 6) is 1.06. The smallest absolute Gasteiger partial charge is 0.0443 e. The lowest BCUT2D eigenvalue weighted by Gasteiger charge is -2.34. The van der Waals surface area contributed by atoms with Crippen molar-refractivity contribution in [3.05, 3.63) is 35.4 Å². The van der Waals surface area contributed by atoms with Crippen LogP contribution in [-0.4, -0.2) is 29.3 Å². The first kappa shape index (κ1) is 13.9. The average molecular weight is 265 g/mol. The number of aliphatic hydroxyl groups excluding tert-OH is 1. The summed E-state index contributed by atoms with van der Waals surface area (Å²) >= 11 is 2.01. The molecule has 1 aromatic rings. The van der Waals surface area contributed by atoms with Gasteiger partial charge in [0.2, 0.25) is 0 Å². The summed E-state index contributed by atoms with van der Waals surface area (Å²) in [5, 5.41) is 13.2. The van der Waals surface area contributed by atoms with Crippen LogP contribution in [0.1, 0.15) is 36.9 Å². The van der Waals surface area contributed by atoms with Crippen LogP contribution in [0, 0.1) is 0 Å². The number of aliphatic hydroxyl groups is 1.